The molecule has 6 heteroatoms. The molecule has 0 fully saturated rings. The van der Waals surface area contributed by atoms with Gasteiger partial charge in [-0.25, -0.2) is 0 Å². The van der Waals surface area contributed by atoms with Crippen LogP contribution >= 0.6 is 0 Å². The monoisotopic (exact) mass is 915 g/mol. The van der Waals surface area contributed by atoms with Gasteiger partial charge in [0.15, 0.2) is 6.10 Å². The van der Waals surface area contributed by atoms with Gasteiger partial charge < -0.3 is 14.2 Å². The molecule has 0 aliphatic carbocycles. The maximum Gasteiger partial charge on any atom is 0.306 e. The van der Waals surface area contributed by atoms with E-state index in [4.69, 9.17) is 14.2 Å². The first-order chi connectivity index (χ1) is 32.5. The predicted octanol–water partition coefficient (Wildman–Crippen LogP) is 17.9. The molecule has 0 aromatic carbocycles. The molecule has 374 valence electrons. The number of carbonyl (C=O) groups excluding carboxylic acids is 3. The topological polar surface area (TPSA) is 78.9 Å². The van der Waals surface area contributed by atoms with Crippen molar-refractivity contribution in [3.05, 3.63) is 109 Å². The summed E-state index contributed by atoms with van der Waals surface area (Å²) < 4.78 is 16.8. The van der Waals surface area contributed by atoms with Crippen molar-refractivity contribution in [2.75, 3.05) is 13.2 Å². The van der Waals surface area contributed by atoms with Crippen LogP contribution in [0.3, 0.4) is 0 Å². The molecule has 0 amide bonds. The van der Waals surface area contributed by atoms with Crippen molar-refractivity contribution >= 4 is 17.9 Å². The Kier molecular flexibility index (Phi) is 50.5. The SMILES string of the molecule is CC/C=C\C/C=C\C/C=C\C/C=C\C/C=C\C/C=C\CCCCC(=O)OCC(COC(=O)CCCCCCC/C=C\CCCCC)OC(=O)CCCCCCC/C=C\C/C=C\CCCCC. The van der Waals surface area contributed by atoms with Crippen LogP contribution in [0.25, 0.3) is 0 Å². The van der Waals surface area contributed by atoms with E-state index < -0.39 is 6.10 Å². The highest BCUT2D eigenvalue weighted by molar-refractivity contribution is 5.71. The third kappa shape index (κ3) is 51.1. The minimum Gasteiger partial charge on any atom is -0.462 e. The van der Waals surface area contributed by atoms with Crippen molar-refractivity contribution < 1.29 is 28.6 Å². The zero-order valence-electron chi connectivity index (χ0n) is 42.7. The van der Waals surface area contributed by atoms with Crippen LogP contribution in [0.4, 0.5) is 0 Å². The first kappa shape index (κ1) is 62.1. The highest BCUT2D eigenvalue weighted by Gasteiger charge is 2.19. The number of unbranched alkanes of at least 4 members (excludes halogenated alkanes) is 18. The molecule has 0 aliphatic rings. The second-order valence-electron chi connectivity index (χ2n) is 17.4. The highest BCUT2D eigenvalue weighted by atomic mass is 16.6. The largest absolute Gasteiger partial charge is 0.462 e. The molecular weight excluding hydrogens is 817 g/mol. The van der Waals surface area contributed by atoms with Gasteiger partial charge in [0.1, 0.15) is 13.2 Å². The molecule has 0 N–H and O–H groups in total. The summed E-state index contributed by atoms with van der Waals surface area (Å²) in [6.07, 6.45) is 72.1. The molecule has 0 spiro atoms. The van der Waals surface area contributed by atoms with Crippen molar-refractivity contribution in [3.63, 3.8) is 0 Å². The fraction of sp³-hybridized carbons (Fsp3) is 0.650. The van der Waals surface area contributed by atoms with E-state index in [-0.39, 0.29) is 31.1 Å². The van der Waals surface area contributed by atoms with Crippen LogP contribution in [0.1, 0.15) is 233 Å². The van der Waals surface area contributed by atoms with Gasteiger partial charge in [0, 0.05) is 19.3 Å². The van der Waals surface area contributed by atoms with Crippen LogP contribution < -0.4 is 0 Å². The van der Waals surface area contributed by atoms with Crippen LogP contribution in [0.2, 0.25) is 0 Å². The van der Waals surface area contributed by atoms with Gasteiger partial charge in [-0.05, 0) is 128 Å². The molecule has 66 heavy (non-hydrogen) atoms. The quantitative estimate of drug-likeness (QED) is 0.0262. The fourth-order valence-electron chi connectivity index (χ4n) is 6.94. The Balaban J connectivity index is 4.49. The molecule has 0 rings (SSSR count). The maximum atomic E-state index is 12.8. The zero-order valence-corrected chi connectivity index (χ0v) is 42.7. The standard InChI is InChI=1S/C60H98O6/c1-4-7-10-13-16-19-22-25-27-28-29-30-31-32-34-35-38-41-44-47-50-53-59(62)65-56-57(55-64-58(61)52-49-46-43-40-37-24-21-18-15-12-9-6-3)66-60(63)54-51-48-45-42-39-36-33-26-23-20-17-14-11-8-5-2/h7,10,16-21,25-27,29-30,32-34,38,41,57H,4-6,8-9,11-15,22-24,28,31,35-37,39-40,42-56H2,1-3H3/b10-7-,19-16-,20-17-,21-18-,27-25-,30-29-,33-26-,34-32-,41-38-. The lowest BCUT2D eigenvalue weighted by atomic mass is 10.1. The molecule has 0 aliphatic heterocycles. The van der Waals surface area contributed by atoms with E-state index in [1.54, 1.807) is 0 Å². The number of hydrogen-bond donors (Lipinski definition) is 0. The first-order valence-corrected chi connectivity index (χ1v) is 26.9. The van der Waals surface area contributed by atoms with Gasteiger partial charge in [0.05, 0.1) is 0 Å². The first-order valence-electron chi connectivity index (χ1n) is 26.9. The number of carbonyl (C=O) groups is 3. The van der Waals surface area contributed by atoms with Gasteiger partial charge in [0.25, 0.3) is 0 Å². The Morgan fingerprint density at radius 3 is 0.970 bits per heavy atom. The summed E-state index contributed by atoms with van der Waals surface area (Å²) in [5, 5.41) is 0. The number of allylic oxidation sites excluding steroid dienone is 18. The Bertz CT molecular complexity index is 1370. The van der Waals surface area contributed by atoms with Crippen LogP contribution in [0.15, 0.2) is 109 Å². The summed E-state index contributed by atoms with van der Waals surface area (Å²) in [7, 11) is 0. The molecular formula is C60H98O6. The molecule has 1 unspecified atom stereocenters. The van der Waals surface area contributed by atoms with Crippen LogP contribution in [-0.2, 0) is 28.6 Å². The average Bonchev–Trinajstić information content (AvgIpc) is 3.31. The summed E-state index contributed by atoms with van der Waals surface area (Å²) in [5.41, 5.74) is 0. The molecule has 1 atom stereocenters. The lowest BCUT2D eigenvalue weighted by Gasteiger charge is -2.18. The van der Waals surface area contributed by atoms with E-state index in [2.05, 4.69) is 130 Å². The number of rotatable bonds is 47. The van der Waals surface area contributed by atoms with Crippen molar-refractivity contribution in [1.29, 1.82) is 0 Å². The minimum absolute atomic E-state index is 0.104. The average molecular weight is 915 g/mol. The number of esters is 3. The Morgan fingerprint density at radius 2 is 0.591 bits per heavy atom. The Hall–Kier alpha value is -3.93. The van der Waals surface area contributed by atoms with E-state index in [1.807, 2.05) is 0 Å². The number of ether oxygens (including phenoxy) is 3. The molecule has 0 bridgehead atoms. The van der Waals surface area contributed by atoms with Crippen molar-refractivity contribution in [2.45, 2.75) is 239 Å². The molecule has 0 saturated heterocycles. The predicted molar refractivity (Wildman–Crippen MR) is 283 cm³/mol. The molecule has 0 heterocycles. The van der Waals surface area contributed by atoms with Gasteiger partial charge in [0.2, 0.25) is 0 Å². The van der Waals surface area contributed by atoms with E-state index in [9.17, 15) is 14.4 Å². The molecule has 6 nitrogen and oxygen atoms in total. The second-order valence-corrected chi connectivity index (χ2v) is 17.4. The van der Waals surface area contributed by atoms with Gasteiger partial charge in [-0.3, -0.25) is 14.4 Å². The summed E-state index contributed by atoms with van der Waals surface area (Å²) in [4.78, 5) is 38.0. The summed E-state index contributed by atoms with van der Waals surface area (Å²) in [6.45, 7) is 6.41. The smallest absolute Gasteiger partial charge is 0.306 e. The lowest BCUT2D eigenvalue weighted by molar-refractivity contribution is -0.167. The molecule has 0 radical (unpaired) electrons. The third-order valence-electron chi connectivity index (χ3n) is 11.0. The summed E-state index contributed by atoms with van der Waals surface area (Å²) in [5.74, 6) is -0.976. The van der Waals surface area contributed by atoms with Crippen molar-refractivity contribution in [3.8, 4) is 0 Å². The van der Waals surface area contributed by atoms with E-state index in [0.717, 1.165) is 128 Å². The van der Waals surface area contributed by atoms with Crippen LogP contribution in [0.5, 0.6) is 0 Å². The van der Waals surface area contributed by atoms with Crippen LogP contribution in [0, 0.1) is 0 Å². The minimum atomic E-state index is -0.808. The lowest BCUT2D eigenvalue weighted by Crippen LogP contribution is -2.30. The molecule has 0 saturated carbocycles. The van der Waals surface area contributed by atoms with E-state index in [0.29, 0.717) is 25.7 Å². The zero-order chi connectivity index (χ0) is 47.9. The maximum absolute atomic E-state index is 12.8. The molecule has 0 aromatic rings. The Morgan fingerprint density at radius 1 is 0.318 bits per heavy atom. The highest BCUT2D eigenvalue weighted by Crippen LogP contribution is 2.13. The van der Waals surface area contributed by atoms with Crippen LogP contribution in [-0.4, -0.2) is 37.2 Å². The summed E-state index contributed by atoms with van der Waals surface area (Å²) in [6, 6.07) is 0. The van der Waals surface area contributed by atoms with Gasteiger partial charge in [-0.15, -0.1) is 0 Å². The fourth-order valence-corrected chi connectivity index (χ4v) is 6.94. The number of hydrogen-bond acceptors (Lipinski definition) is 6. The van der Waals surface area contributed by atoms with Gasteiger partial charge in [-0.2, -0.15) is 0 Å². The van der Waals surface area contributed by atoms with E-state index in [1.165, 1.54) is 57.8 Å². The second kappa shape index (κ2) is 53.7. The molecule has 0 aromatic heterocycles. The van der Waals surface area contributed by atoms with Gasteiger partial charge >= 0.3 is 17.9 Å². The van der Waals surface area contributed by atoms with Crippen molar-refractivity contribution in [2.24, 2.45) is 0 Å². The van der Waals surface area contributed by atoms with Gasteiger partial charge in [-0.1, -0.05) is 194 Å². The van der Waals surface area contributed by atoms with E-state index >= 15 is 0 Å². The normalized spacial score (nSPS) is 13.0. The Labute approximate surface area is 406 Å². The van der Waals surface area contributed by atoms with Crippen molar-refractivity contribution in [1.82, 2.24) is 0 Å². The summed E-state index contributed by atoms with van der Waals surface area (Å²) >= 11 is 0. The third-order valence-corrected chi connectivity index (χ3v) is 11.0.